The van der Waals surface area contributed by atoms with Crippen LogP contribution >= 0.6 is 34.8 Å². The number of pyridine rings is 4. The number of carbonyl (C=O) groups is 4. The van der Waals surface area contributed by atoms with Gasteiger partial charge in [-0.3, -0.25) is 37.4 Å². The number of fused-ring (bicyclic) bond motifs is 4. The molecule has 16 rings (SSSR count). The molecule has 20 nitrogen and oxygen atoms in total. The van der Waals surface area contributed by atoms with Crippen molar-refractivity contribution in [2.75, 3.05) is 26.2 Å². The lowest BCUT2D eigenvalue weighted by molar-refractivity contribution is -0.140. The van der Waals surface area contributed by atoms with Gasteiger partial charge in [-0.25, -0.2) is 61.8 Å². The Hall–Kier alpha value is -11.9. The summed E-state index contributed by atoms with van der Waals surface area (Å²) in [6.07, 6.45) is -1.61. The number of alkyl halides is 9. The van der Waals surface area contributed by atoms with Crippen LogP contribution in [0.15, 0.2) is 171 Å². The largest absolute Gasteiger partial charge is 0.419 e. The van der Waals surface area contributed by atoms with E-state index in [-0.39, 0.29) is 61.1 Å². The van der Waals surface area contributed by atoms with Gasteiger partial charge in [-0.15, -0.1) is 0 Å². The highest BCUT2D eigenvalue weighted by atomic mass is 35.5. The molecule has 0 radical (unpaired) electrons. The molecule has 0 saturated carbocycles. The van der Waals surface area contributed by atoms with Gasteiger partial charge in [-0.05, 0) is 116 Å². The topological polar surface area (TPSA) is 204 Å². The van der Waals surface area contributed by atoms with Gasteiger partial charge in [-0.1, -0.05) is 53.0 Å². The van der Waals surface area contributed by atoms with E-state index in [0.29, 0.717) is 107 Å². The molecule has 582 valence electrons. The summed E-state index contributed by atoms with van der Waals surface area (Å²) in [5.74, 6) is -3.39. The highest BCUT2D eigenvalue weighted by Crippen LogP contribution is 2.39. The first-order chi connectivity index (χ1) is 53.8. The first kappa shape index (κ1) is 79.2. The monoisotopic (exact) mass is 1630 g/mol. The van der Waals surface area contributed by atoms with Crippen LogP contribution in [0.3, 0.4) is 0 Å². The van der Waals surface area contributed by atoms with Crippen LogP contribution in [-0.4, -0.2) is 128 Å². The van der Waals surface area contributed by atoms with Gasteiger partial charge in [0.15, 0.2) is 0 Å². The predicted octanol–water partition coefficient (Wildman–Crippen LogP) is 15.9. The van der Waals surface area contributed by atoms with Crippen LogP contribution in [0.1, 0.15) is 109 Å². The Morgan fingerprint density at radius 1 is 0.354 bits per heavy atom. The number of imidazole rings is 4. The van der Waals surface area contributed by atoms with Gasteiger partial charge >= 0.3 is 18.5 Å². The maximum atomic E-state index is 14.3. The van der Waals surface area contributed by atoms with E-state index in [0.717, 1.165) is 77.4 Å². The molecular weight excluding hydrogens is 1570 g/mol. The summed E-state index contributed by atoms with van der Waals surface area (Å²) < 4.78 is 191. The number of hydrogen-bond donors (Lipinski definition) is 0. The highest BCUT2D eigenvalue weighted by molar-refractivity contribution is 6.37. The van der Waals surface area contributed by atoms with Crippen LogP contribution in [0, 0.1) is 36.0 Å². The molecule has 0 aliphatic carbocycles. The van der Waals surface area contributed by atoms with Crippen molar-refractivity contribution in [2.45, 2.75) is 77.3 Å². The number of benzene rings is 4. The lowest BCUT2D eigenvalue weighted by Gasteiger charge is -2.28. The Morgan fingerprint density at radius 3 is 1.00 bits per heavy atom. The minimum atomic E-state index is -4.89. The lowest BCUT2D eigenvalue weighted by atomic mass is 10.00. The molecule has 0 N–H and O–H groups in total. The van der Waals surface area contributed by atoms with Crippen molar-refractivity contribution >= 4 is 58.4 Å². The number of rotatable bonds is 8. The summed E-state index contributed by atoms with van der Waals surface area (Å²) in [5.41, 5.74) is 2.09. The molecule has 0 unspecified atom stereocenters. The summed E-state index contributed by atoms with van der Waals surface area (Å²) in [4.78, 5) is 90.3. The van der Waals surface area contributed by atoms with Gasteiger partial charge in [0.05, 0.1) is 140 Å². The molecule has 4 aliphatic heterocycles. The van der Waals surface area contributed by atoms with Crippen molar-refractivity contribution in [1.82, 2.24) is 77.7 Å². The zero-order valence-corrected chi connectivity index (χ0v) is 60.6. The SMILES string of the molecule is Cc1c(C(=O)N2CCc3c(ncn3-c3ccc(F)cn3)C2)cccc1C(F)(F)F.O=C(c1ccc(Cl)cc1Cl)N1CCc2c(ncn2-c2ccc(F)cn2)C1.O=C(c1cccc(C(F)(F)F)c1Cl)N1CCc2c(ncn2-c2ccc(F)cn2)C1.O=C(c1cccc(C(F)(F)F)c1F)N1CCc2c(ncn2-c2ccc(F)cn2)C1. The average Bonchev–Trinajstić information content (AvgIpc) is 1.76. The van der Waals surface area contributed by atoms with Crippen molar-refractivity contribution in [3.63, 3.8) is 0 Å². The second-order valence-corrected chi connectivity index (χ2v) is 26.9. The molecule has 0 atom stereocenters. The zero-order chi connectivity index (χ0) is 80.5. The van der Waals surface area contributed by atoms with E-state index in [1.807, 2.05) is 4.57 Å². The van der Waals surface area contributed by atoms with Crippen LogP contribution < -0.4 is 0 Å². The molecule has 4 amide bonds. The van der Waals surface area contributed by atoms with E-state index < -0.39 is 86.8 Å². The summed E-state index contributed by atoms with van der Waals surface area (Å²) in [7, 11) is 0. The van der Waals surface area contributed by atoms with Crippen LogP contribution in [0.2, 0.25) is 15.1 Å². The van der Waals surface area contributed by atoms with E-state index in [1.165, 1.54) is 101 Å². The molecule has 37 heteroatoms. The summed E-state index contributed by atoms with van der Waals surface area (Å²) >= 11 is 17.9. The van der Waals surface area contributed by atoms with Gasteiger partial charge in [0, 0.05) is 62.4 Å². The van der Waals surface area contributed by atoms with E-state index >= 15 is 0 Å². The molecule has 4 aromatic carbocycles. The smallest absolute Gasteiger partial charge is 0.332 e. The minimum Gasteiger partial charge on any atom is -0.332 e. The van der Waals surface area contributed by atoms with Crippen molar-refractivity contribution in [2.24, 2.45) is 0 Å². The van der Waals surface area contributed by atoms with Gasteiger partial charge in [0.25, 0.3) is 23.6 Å². The summed E-state index contributed by atoms with van der Waals surface area (Å²) in [6, 6.07) is 25.7. The summed E-state index contributed by atoms with van der Waals surface area (Å²) in [5, 5.41) is 0.198. The maximum Gasteiger partial charge on any atom is 0.419 e. The standard InChI is InChI=1S/C20H16F4N4O.C19H13ClF4N4O.C19H13F5N4O.C18H13Cl2FN4O/c1-12-14(3-2-4-15(12)20(22,23)24)19(29)27-8-7-17-16(10-27)26-11-28(17)18-6-5-13(21)9-25-18;20-17-12(2-1-3-13(17)19(22,23)24)18(29)27-7-6-15-14(9-27)26-10-28(15)16-5-4-11(21)8-25-16;20-11-4-5-16(25-8-11)28-10-26-14-9-27(7-6-15(14)28)18(29)12-2-1-3-13(17(12)21)19(22,23)24;19-11-1-3-13(14(20)7-11)18(26)24-6-5-16-15(9-24)23-10-25(16)17-4-2-12(21)8-22-17/h2-6,9,11H,7-8,10H2,1H3;2*1-5,8,10H,6-7,9H2;1-4,7-8,10H,5-6,9H2. The molecule has 0 bridgehead atoms. The third kappa shape index (κ3) is 17.1. The lowest BCUT2D eigenvalue weighted by Crippen LogP contribution is -2.37. The Labute approximate surface area is 646 Å². The third-order valence-corrected chi connectivity index (χ3v) is 19.7. The molecule has 0 fully saturated rings. The Balaban J connectivity index is 0.000000132. The second kappa shape index (κ2) is 32.4. The zero-order valence-electron chi connectivity index (χ0n) is 58.4. The van der Waals surface area contributed by atoms with Gasteiger partial charge in [0.1, 0.15) is 77.7 Å². The number of halogens is 17. The Bertz CT molecular complexity index is 5170. The second-order valence-electron chi connectivity index (χ2n) is 25.7. The Morgan fingerprint density at radius 2 is 0.664 bits per heavy atom. The summed E-state index contributed by atoms with van der Waals surface area (Å²) in [6.45, 7) is 3.28. The molecule has 0 saturated heterocycles. The fourth-order valence-electron chi connectivity index (χ4n) is 13.1. The molecule has 12 heterocycles. The molecule has 12 aromatic rings. The fourth-order valence-corrected chi connectivity index (χ4v) is 13.9. The number of aromatic nitrogens is 12. The van der Waals surface area contributed by atoms with Gasteiger partial charge in [0.2, 0.25) is 0 Å². The van der Waals surface area contributed by atoms with Crippen LogP contribution in [0.4, 0.5) is 61.5 Å². The maximum absolute atomic E-state index is 14.3. The average molecular weight is 1630 g/mol. The van der Waals surface area contributed by atoms with Crippen LogP contribution in [-0.2, 0) is 70.4 Å². The van der Waals surface area contributed by atoms with Crippen molar-refractivity contribution in [3.8, 4) is 23.3 Å². The molecule has 0 spiro atoms. The first-order valence-corrected chi connectivity index (χ1v) is 35.1. The van der Waals surface area contributed by atoms with Crippen molar-refractivity contribution in [1.29, 1.82) is 0 Å². The van der Waals surface area contributed by atoms with E-state index in [1.54, 1.807) is 55.5 Å². The van der Waals surface area contributed by atoms with Gasteiger partial charge < -0.3 is 19.6 Å². The number of nitrogens with zero attached hydrogens (tertiary/aromatic N) is 16. The third-order valence-electron chi connectivity index (χ3n) is 18.7. The highest BCUT2D eigenvalue weighted by Gasteiger charge is 2.40. The first-order valence-electron chi connectivity index (χ1n) is 34.0. The van der Waals surface area contributed by atoms with Crippen LogP contribution in [0.5, 0.6) is 0 Å². The van der Waals surface area contributed by atoms with Crippen molar-refractivity contribution in [3.05, 3.63) is 306 Å². The minimum absolute atomic E-state index is 0.0120. The molecule has 113 heavy (non-hydrogen) atoms. The number of hydrogen-bond acceptors (Lipinski definition) is 12. The number of carbonyl (C=O) groups excluding carboxylic acids is 4. The van der Waals surface area contributed by atoms with Gasteiger partial charge in [-0.2, -0.15) is 39.5 Å². The number of amides is 4. The quantitative estimate of drug-likeness (QED) is 0.130. The molecule has 8 aromatic heterocycles. The van der Waals surface area contributed by atoms with Crippen LogP contribution in [0.25, 0.3) is 23.3 Å². The van der Waals surface area contributed by atoms with E-state index in [4.69, 9.17) is 34.8 Å². The van der Waals surface area contributed by atoms with E-state index in [9.17, 15) is 80.6 Å². The fraction of sp³-hybridized carbons (Fsp3) is 0.211. The molecule has 4 aliphatic rings. The van der Waals surface area contributed by atoms with Crippen molar-refractivity contribution < 1.29 is 80.6 Å². The Kier molecular flexibility index (Phi) is 22.7. The molecular formula is C76H55Cl3F14N16O4. The van der Waals surface area contributed by atoms with E-state index in [2.05, 4.69) is 39.9 Å². The predicted molar refractivity (Wildman–Crippen MR) is 380 cm³/mol. The normalized spacial score (nSPS) is 13.9.